The minimum atomic E-state index is -0.508. The second-order valence-corrected chi connectivity index (χ2v) is 33.6. The summed E-state index contributed by atoms with van der Waals surface area (Å²) in [7, 11) is 0. The van der Waals surface area contributed by atoms with Crippen LogP contribution in [-0.2, 0) is 34.0 Å². The minimum Gasteiger partial charge on any atom is -0.390 e. The Morgan fingerprint density at radius 3 is 1.20 bits per heavy atom. The summed E-state index contributed by atoms with van der Waals surface area (Å²) in [4.78, 5) is 39.9. The largest absolute Gasteiger partial charge is 0.390 e. The monoisotopic (exact) mass is 1200 g/mol. The van der Waals surface area contributed by atoms with Gasteiger partial charge in [0, 0.05) is 41.5 Å². The predicted molar refractivity (Wildman–Crippen MR) is 344 cm³/mol. The second kappa shape index (κ2) is 23.4. The zero-order chi connectivity index (χ0) is 62.0. The van der Waals surface area contributed by atoms with Crippen LogP contribution in [0, 0.1) is 133 Å². The van der Waals surface area contributed by atoms with Crippen LogP contribution in [-0.4, -0.2) is 78.8 Å². The van der Waals surface area contributed by atoms with Crippen molar-refractivity contribution in [3.05, 3.63) is 88.3 Å². The van der Waals surface area contributed by atoms with Gasteiger partial charge in [-0.2, -0.15) is 15.3 Å². The maximum absolute atomic E-state index is 13.4. The molecule has 3 aromatic rings. The Morgan fingerprint density at radius 1 is 0.455 bits per heavy atom. The Bertz CT molecular complexity index is 3220. The van der Waals surface area contributed by atoms with E-state index in [-0.39, 0.29) is 34.0 Å². The molecule has 0 unspecified atom stereocenters. The highest BCUT2D eigenvalue weighted by molar-refractivity contribution is 5.83. The van der Waals surface area contributed by atoms with Gasteiger partial charge in [-0.1, -0.05) is 55.7 Å². The first-order valence-corrected chi connectivity index (χ1v) is 35.5. The van der Waals surface area contributed by atoms with Gasteiger partial charge in [-0.3, -0.25) is 28.4 Å². The van der Waals surface area contributed by atoms with E-state index in [1.54, 1.807) is 6.20 Å². The topological polar surface area (TPSA) is 165 Å². The SMILES string of the molecule is Cc1cc(C)n(CC(=O)[C@H]2CC[C@H]3[C@@H]4CC=C5C[C@](C)(O)CC[C@@H]5[C@H]4CC[C@]23C)n1.Cc1ccn(CC(=O)[C@H]2CC[C@H]3[C@@H]4CC=C5C[C@](C)(O)CC[C@@H]5[C@H]4CC[C@]23C)n1.Cc1ccnn1CC(=O)[C@H]1CC[C@H]2[C@@H]3CC=C4C[C@](C)(O)CC[C@@H]4[C@H]3CC[C@]12C. The maximum Gasteiger partial charge on any atom is 0.157 e. The Hall–Kier alpha value is -4.26. The van der Waals surface area contributed by atoms with Crippen LogP contribution in [0.4, 0.5) is 0 Å². The first kappa shape index (κ1) is 62.5. The molecule has 3 aromatic heterocycles. The van der Waals surface area contributed by atoms with Crippen molar-refractivity contribution < 1.29 is 29.7 Å². The van der Waals surface area contributed by atoms with Crippen molar-refractivity contribution >= 4 is 17.3 Å². The highest BCUT2D eigenvalue weighted by atomic mass is 16.3. The Morgan fingerprint density at radius 2 is 0.852 bits per heavy atom. The number of carbonyl (C=O) groups excluding carboxylic acids is 3. The summed E-state index contributed by atoms with van der Waals surface area (Å²) in [6, 6.07) is 6.02. The van der Waals surface area contributed by atoms with Crippen molar-refractivity contribution in [2.24, 2.45) is 105 Å². The lowest BCUT2D eigenvalue weighted by atomic mass is 9.51. The molecule has 21 atom stereocenters. The van der Waals surface area contributed by atoms with Gasteiger partial charge in [0.25, 0.3) is 0 Å². The van der Waals surface area contributed by atoms with Gasteiger partial charge in [-0.05, 0) is 308 Å². The number of nitrogens with zero attached hydrogens (tertiary/aromatic N) is 6. The fourth-order valence-corrected chi connectivity index (χ4v) is 23.7. The van der Waals surface area contributed by atoms with Gasteiger partial charge >= 0.3 is 0 Å². The van der Waals surface area contributed by atoms with Crippen LogP contribution in [0.3, 0.4) is 0 Å². The third-order valence-electron chi connectivity index (χ3n) is 28.1. The van der Waals surface area contributed by atoms with Gasteiger partial charge in [-0.15, -0.1) is 0 Å². The minimum absolute atomic E-state index is 0.153. The van der Waals surface area contributed by atoms with Crippen LogP contribution >= 0.6 is 0 Å². The molecule has 0 aromatic carbocycles. The van der Waals surface area contributed by atoms with Crippen LogP contribution in [0.2, 0.25) is 0 Å². The van der Waals surface area contributed by atoms with Crippen LogP contribution in [0.5, 0.6) is 0 Å². The first-order valence-electron chi connectivity index (χ1n) is 35.5. The van der Waals surface area contributed by atoms with Crippen molar-refractivity contribution in [3.8, 4) is 0 Å². The lowest BCUT2D eigenvalue weighted by Crippen LogP contribution is -2.48. The molecule has 12 aliphatic rings. The molecule has 0 aliphatic heterocycles. The zero-order valence-corrected chi connectivity index (χ0v) is 55.6. The lowest BCUT2D eigenvalue weighted by Gasteiger charge is -2.54. The summed E-state index contributed by atoms with van der Waals surface area (Å²) in [5.74, 6) is 10.3. The van der Waals surface area contributed by atoms with E-state index in [4.69, 9.17) is 0 Å². The van der Waals surface area contributed by atoms with Crippen molar-refractivity contribution in [1.82, 2.24) is 29.3 Å². The van der Waals surface area contributed by atoms with E-state index in [1.807, 2.05) is 80.8 Å². The fraction of sp³-hybridized carbons (Fsp3) is 0.763. The molecule has 12 heteroatoms. The number of aryl methyl sites for hydroxylation is 4. The Kier molecular flexibility index (Phi) is 16.6. The summed E-state index contributed by atoms with van der Waals surface area (Å²) < 4.78 is 5.60. The molecule has 9 saturated carbocycles. The average molecular weight is 1200 g/mol. The summed E-state index contributed by atoms with van der Waals surface area (Å²) in [6.45, 7) is 22.6. The van der Waals surface area contributed by atoms with Gasteiger partial charge in [0.15, 0.2) is 17.3 Å². The van der Waals surface area contributed by atoms with E-state index in [2.05, 4.69) is 60.4 Å². The van der Waals surface area contributed by atoms with Crippen molar-refractivity contribution in [3.63, 3.8) is 0 Å². The van der Waals surface area contributed by atoms with Crippen LogP contribution in [0.25, 0.3) is 0 Å². The van der Waals surface area contributed by atoms with E-state index in [0.29, 0.717) is 72.5 Å². The predicted octanol–water partition coefficient (Wildman–Crippen LogP) is 14.4. The van der Waals surface area contributed by atoms with E-state index in [9.17, 15) is 29.7 Å². The highest BCUT2D eigenvalue weighted by Crippen LogP contribution is 2.67. The number of ketones is 3. The summed E-state index contributed by atoms with van der Waals surface area (Å²) in [6.07, 6.45) is 37.6. The van der Waals surface area contributed by atoms with E-state index in [0.717, 1.165) is 155 Å². The summed E-state index contributed by atoms with van der Waals surface area (Å²) in [5, 5.41) is 44.9. The van der Waals surface area contributed by atoms with Crippen molar-refractivity contribution in [2.45, 2.75) is 260 Å². The first-order chi connectivity index (χ1) is 41.7. The number of Topliss-reactive ketones (excluding diaryl/α,β-unsaturated/α-hetero) is 3. The molecular formula is C76H110N6O6. The lowest BCUT2D eigenvalue weighted by molar-refractivity contribution is -0.130. The molecule has 15 rings (SSSR count). The van der Waals surface area contributed by atoms with Crippen LogP contribution < -0.4 is 0 Å². The van der Waals surface area contributed by atoms with Gasteiger partial charge < -0.3 is 15.3 Å². The quantitative estimate of drug-likeness (QED) is 0.177. The molecule has 480 valence electrons. The van der Waals surface area contributed by atoms with Crippen molar-refractivity contribution in [2.75, 3.05) is 0 Å². The zero-order valence-electron chi connectivity index (χ0n) is 55.6. The van der Waals surface area contributed by atoms with Gasteiger partial charge in [-0.25, -0.2) is 0 Å². The fourth-order valence-electron chi connectivity index (χ4n) is 23.7. The summed E-state index contributed by atoms with van der Waals surface area (Å²) in [5.41, 5.74) is 7.67. The van der Waals surface area contributed by atoms with Crippen LogP contribution in [0.1, 0.15) is 218 Å². The van der Waals surface area contributed by atoms with Gasteiger partial charge in [0.2, 0.25) is 0 Å². The van der Waals surface area contributed by atoms with Crippen molar-refractivity contribution in [1.29, 1.82) is 0 Å². The normalized spacial score (nSPS) is 43.5. The molecule has 0 saturated heterocycles. The molecule has 0 bridgehead atoms. The molecule has 0 amide bonds. The number of carbonyl (C=O) groups is 3. The number of allylic oxidation sites excluding steroid dienone is 3. The molecule has 0 radical (unpaired) electrons. The van der Waals surface area contributed by atoms with E-state index in [1.165, 1.54) is 74.5 Å². The second-order valence-electron chi connectivity index (χ2n) is 33.6. The highest BCUT2D eigenvalue weighted by Gasteiger charge is 2.61. The van der Waals surface area contributed by atoms with E-state index >= 15 is 0 Å². The van der Waals surface area contributed by atoms with Gasteiger partial charge in [0.05, 0.1) is 34.7 Å². The summed E-state index contributed by atoms with van der Waals surface area (Å²) >= 11 is 0. The maximum atomic E-state index is 13.4. The third-order valence-corrected chi connectivity index (χ3v) is 28.1. The smallest absolute Gasteiger partial charge is 0.157 e. The Balaban J connectivity index is 0.000000122. The Labute approximate surface area is 527 Å². The molecular weight excluding hydrogens is 1090 g/mol. The molecule has 12 aliphatic carbocycles. The van der Waals surface area contributed by atoms with Crippen LogP contribution in [0.15, 0.2) is 65.5 Å². The molecule has 9 fully saturated rings. The molecule has 3 heterocycles. The standard InChI is InChI=1S/C26H38N2O2.2C25H36N2O2/c1-16-13-17(2)28(27-16)15-24(29)23-8-7-22-21-6-5-18-14-25(3,30)11-9-19(18)20(21)10-12-26(22,23)4;1-16-10-13-27(26-16)15-23(28)22-7-6-21-20-5-4-17-14-24(2,29)11-8-18(17)19(20)9-12-25(21,22)3;1-16-10-13-26-27(16)15-23(28)22-7-6-21-20-5-4-17-14-24(2,29)11-8-18(17)19(20)9-12-25(21,22)3/h5,13,19-23,30H,6-12,14-15H2,1-4H3;2*4,10,13,18-22,29H,5-9,11-12,14-15H2,1-3H3/t19-,20+,21+,22-,23+,25+,26-;2*18-,19+,20+,21-,22+,24+,25-/m000/s1. The molecule has 12 nitrogen and oxygen atoms in total. The number of fused-ring (bicyclic) bond motifs is 15. The number of rotatable bonds is 9. The molecule has 3 N–H and O–H groups in total. The number of aliphatic hydroxyl groups is 3. The molecule has 0 spiro atoms. The van der Waals surface area contributed by atoms with Gasteiger partial charge in [0.1, 0.15) is 13.1 Å². The number of hydrogen-bond acceptors (Lipinski definition) is 9. The number of aromatic nitrogens is 6. The number of hydrogen-bond donors (Lipinski definition) is 3. The average Bonchev–Trinajstić information content (AvgIpc) is 1.48. The third kappa shape index (κ3) is 11.4. The van der Waals surface area contributed by atoms with E-state index < -0.39 is 16.8 Å². The molecule has 88 heavy (non-hydrogen) atoms.